The van der Waals surface area contributed by atoms with E-state index in [9.17, 15) is 9.59 Å². The summed E-state index contributed by atoms with van der Waals surface area (Å²) in [5.74, 6) is -3.65. The molecule has 10 heteroatoms. The van der Waals surface area contributed by atoms with E-state index in [1.54, 1.807) is 0 Å². The molecule has 0 aromatic rings. The summed E-state index contributed by atoms with van der Waals surface area (Å²) in [5.41, 5.74) is 0. The van der Waals surface area contributed by atoms with Crippen LogP contribution in [-0.4, -0.2) is 31.2 Å². The molecule has 0 aromatic carbocycles. The summed E-state index contributed by atoms with van der Waals surface area (Å²) in [6, 6.07) is 0. The first kappa shape index (κ1) is 14.0. The second-order valence-corrected chi connectivity index (χ2v) is 4.33. The van der Waals surface area contributed by atoms with Gasteiger partial charge in [0, 0.05) is 0 Å². The molecule has 0 bridgehead atoms. The predicted octanol–water partition coefficient (Wildman–Crippen LogP) is 1.37. The van der Waals surface area contributed by atoms with E-state index in [2.05, 4.69) is 9.78 Å². The predicted molar refractivity (Wildman–Crippen MR) is 46.3 cm³/mol. The lowest BCUT2D eigenvalue weighted by Gasteiger charge is -2.18. The molecule has 0 fully saturated rings. The quantitative estimate of drug-likeness (QED) is 0.451. The number of rotatable bonds is 5. The molecule has 0 aliphatic heterocycles. The van der Waals surface area contributed by atoms with Crippen LogP contribution in [0.2, 0.25) is 0 Å². The summed E-state index contributed by atoms with van der Waals surface area (Å²) < 4.78 is -5.60. The maximum atomic E-state index is 10.2. The summed E-state index contributed by atoms with van der Waals surface area (Å²) in [6.45, 7) is 0. The fourth-order valence-corrected chi connectivity index (χ4v) is 0.302. The van der Waals surface area contributed by atoms with Crippen LogP contribution in [0.3, 0.4) is 0 Å². The normalized spacial score (nSPS) is 12.6. The van der Waals surface area contributed by atoms with Crippen LogP contribution in [0.5, 0.6) is 0 Å². The number of hydrogen-bond donors (Lipinski definition) is 2. The molecule has 0 aliphatic carbocycles. The molecule has 0 unspecified atom stereocenters. The third-order valence-electron chi connectivity index (χ3n) is 0.749. The van der Waals surface area contributed by atoms with Gasteiger partial charge in [-0.3, -0.25) is 0 Å². The van der Waals surface area contributed by atoms with E-state index in [1.807, 2.05) is 0 Å². The Kier molecular flexibility index (Phi) is 4.70. The number of carbonyl (C=O) groups is 2. The molecule has 0 rings (SSSR count). The molecule has 0 saturated heterocycles. The van der Waals surface area contributed by atoms with Crippen LogP contribution in [0.1, 0.15) is 0 Å². The van der Waals surface area contributed by atoms with Gasteiger partial charge >= 0.3 is 21.0 Å². The van der Waals surface area contributed by atoms with Crippen LogP contribution >= 0.6 is 46.4 Å². The fraction of sp³-hybridized carbons (Fsp3) is 0.500. The zero-order valence-electron chi connectivity index (χ0n) is 6.04. The van der Waals surface area contributed by atoms with E-state index in [0.29, 0.717) is 0 Å². The van der Waals surface area contributed by atoms with E-state index in [1.165, 1.54) is 0 Å². The van der Waals surface area contributed by atoms with Gasteiger partial charge in [-0.05, 0) is 0 Å². The minimum absolute atomic E-state index is 1.82. The average molecular weight is 288 g/mol. The highest BCUT2D eigenvalue weighted by Crippen LogP contribution is 2.30. The van der Waals surface area contributed by atoms with Crippen molar-refractivity contribution in [1.82, 2.24) is 0 Å². The Labute approximate surface area is 97.1 Å². The van der Waals surface area contributed by atoms with Gasteiger partial charge in [0.15, 0.2) is 0 Å². The highest BCUT2D eigenvalue weighted by molar-refractivity contribution is 6.56. The van der Waals surface area contributed by atoms with E-state index >= 15 is 0 Å². The Hall–Kier alpha value is 0.0200. The molecule has 0 heterocycles. The number of aliphatic carboxylic acids is 2. The largest absolute Gasteiger partial charge is 0.477 e. The molecule has 0 amide bonds. The fourth-order valence-electron chi connectivity index (χ4n) is 0.176. The van der Waals surface area contributed by atoms with E-state index in [4.69, 9.17) is 56.6 Å². The average Bonchev–Trinajstić information content (AvgIpc) is 2.01. The van der Waals surface area contributed by atoms with E-state index in [-0.39, 0.29) is 0 Å². The number of hydrogen-bond acceptors (Lipinski definition) is 4. The van der Waals surface area contributed by atoms with Crippen LogP contribution in [0.4, 0.5) is 0 Å². The molecule has 0 radical (unpaired) electrons. The van der Waals surface area contributed by atoms with Gasteiger partial charge in [-0.1, -0.05) is 46.4 Å². The van der Waals surface area contributed by atoms with Gasteiger partial charge in [0.2, 0.25) is 0 Å². The maximum absolute atomic E-state index is 10.2. The molecule has 0 saturated carbocycles. The standard InChI is InChI=1S/C4H2Cl4O6/c5-3(6,1(9)10)13-14-4(7,8)2(11)12/h(H,9,10)(H,11,12). The van der Waals surface area contributed by atoms with Gasteiger partial charge in [0.05, 0.1) is 0 Å². The van der Waals surface area contributed by atoms with Crippen molar-refractivity contribution in [3.8, 4) is 0 Å². The van der Waals surface area contributed by atoms with E-state index in [0.717, 1.165) is 0 Å². The van der Waals surface area contributed by atoms with Gasteiger partial charge in [0.25, 0.3) is 0 Å². The molecule has 2 N–H and O–H groups in total. The molecule has 6 nitrogen and oxygen atoms in total. The molecular formula is C4H2Cl4O6. The van der Waals surface area contributed by atoms with Crippen LogP contribution in [0.25, 0.3) is 0 Å². The second-order valence-electron chi connectivity index (χ2n) is 1.81. The van der Waals surface area contributed by atoms with Gasteiger partial charge in [-0.15, -0.1) is 0 Å². The summed E-state index contributed by atoms with van der Waals surface area (Å²) in [4.78, 5) is 28.0. The first-order valence-corrected chi connectivity index (χ1v) is 4.20. The number of carboxylic acid groups (broad SMARTS) is 2. The first-order valence-electron chi connectivity index (χ1n) is 2.69. The van der Waals surface area contributed by atoms with Crippen molar-refractivity contribution in [3.05, 3.63) is 0 Å². The van der Waals surface area contributed by atoms with Gasteiger partial charge in [-0.25, -0.2) is 9.59 Å². The Bertz CT molecular complexity index is 224. The molecule has 0 aromatic heterocycles. The van der Waals surface area contributed by atoms with Crippen molar-refractivity contribution >= 4 is 58.3 Å². The Morgan fingerprint density at radius 3 is 1.21 bits per heavy atom. The monoisotopic (exact) mass is 286 g/mol. The van der Waals surface area contributed by atoms with Crippen LogP contribution in [0.15, 0.2) is 0 Å². The number of alkyl halides is 4. The topological polar surface area (TPSA) is 93.1 Å². The Morgan fingerprint density at radius 2 is 1.07 bits per heavy atom. The molecule has 0 atom stereocenters. The summed E-state index contributed by atoms with van der Waals surface area (Å²) >= 11 is 20.0. The lowest BCUT2D eigenvalue weighted by atomic mass is 10.7. The van der Waals surface area contributed by atoms with Crippen molar-refractivity contribution in [3.63, 3.8) is 0 Å². The minimum atomic E-state index is -2.80. The number of carboxylic acids is 2. The molecular weight excluding hydrogens is 286 g/mol. The second kappa shape index (κ2) is 4.69. The highest BCUT2D eigenvalue weighted by atomic mass is 35.5. The highest BCUT2D eigenvalue weighted by Gasteiger charge is 2.44. The Balaban J connectivity index is 4.32. The third kappa shape index (κ3) is 4.04. The summed E-state index contributed by atoms with van der Waals surface area (Å²) in [7, 11) is 0. The Morgan fingerprint density at radius 1 is 0.857 bits per heavy atom. The molecule has 82 valence electrons. The van der Waals surface area contributed by atoms with Crippen molar-refractivity contribution in [2.75, 3.05) is 0 Å². The SMILES string of the molecule is O=C(O)C(Cl)(Cl)OOC(Cl)(Cl)C(=O)O. The van der Waals surface area contributed by atoms with Crippen molar-refractivity contribution in [2.45, 2.75) is 9.04 Å². The summed E-state index contributed by atoms with van der Waals surface area (Å²) in [6.07, 6.45) is 0. The number of halogens is 4. The lowest BCUT2D eigenvalue weighted by molar-refractivity contribution is -0.331. The zero-order chi connectivity index (χ0) is 11.6. The molecule has 0 spiro atoms. The van der Waals surface area contributed by atoms with Crippen molar-refractivity contribution in [1.29, 1.82) is 0 Å². The summed E-state index contributed by atoms with van der Waals surface area (Å²) in [5, 5.41) is 16.5. The van der Waals surface area contributed by atoms with Crippen LogP contribution in [-0.2, 0) is 19.4 Å². The van der Waals surface area contributed by atoms with Crippen LogP contribution in [0, 0.1) is 0 Å². The van der Waals surface area contributed by atoms with Gasteiger partial charge in [0.1, 0.15) is 0 Å². The maximum Gasteiger partial charge on any atom is 0.371 e. The zero-order valence-corrected chi connectivity index (χ0v) is 9.06. The minimum Gasteiger partial charge on any atom is -0.477 e. The third-order valence-corrected chi connectivity index (χ3v) is 1.65. The van der Waals surface area contributed by atoms with E-state index < -0.39 is 21.0 Å². The smallest absolute Gasteiger partial charge is 0.371 e. The van der Waals surface area contributed by atoms with Gasteiger partial charge < -0.3 is 10.2 Å². The van der Waals surface area contributed by atoms with Crippen LogP contribution < -0.4 is 0 Å². The van der Waals surface area contributed by atoms with Gasteiger partial charge in [-0.2, -0.15) is 9.78 Å². The molecule has 14 heavy (non-hydrogen) atoms. The molecule has 0 aliphatic rings. The first-order chi connectivity index (χ1) is 6.09. The van der Waals surface area contributed by atoms with Crippen molar-refractivity contribution in [2.24, 2.45) is 0 Å². The van der Waals surface area contributed by atoms with Crippen molar-refractivity contribution < 1.29 is 29.6 Å². The lowest BCUT2D eigenvalue weighted by Crippen LogP contribution is -2.36.